The topological polar surface area (TPSA) is 136 Å². The highest BCUT2D eigenvalue weighted by Gasteiger charge is 2.17. The Morgan fingerprint density at radius 2 is 2.17 bits per heavy atom. The number of anilines is 1. The number of guanidine groups is 1. The van der Waals surface area contributed by atoms with Crippen LogP contribution in [0.1, 0.15) is 24.1 Å². The number of hydrogen-bond acceptors (Lipinski definition) is 8. The van der Waals surface area contributed by atoms with Gasteiger partial charge in [-0.15, -0.1) is 0 Å². The van der Waals surface area contributed by atoms with Crippen molar-refractivity contribution < 1.29 is 9.63 Å². The summed E-state index contributed by atoms with van der Waals surface area (Å²) in [6.07, 6.45) is 1.25. The number of aryl methyl sites for hydroxylation is 1. The molecular weight excluding hydrogens is 386 g/mol. The van der Waals surface area contributed by atoms with Crippen molar-refractivity contribution in [2.24, 2.45) is 10.7 Å². The van der Waals surface area contributed by atoms with E-state index in [4.69, 9.17) is 10.6 Å². The molecule has 0 saturated carbocycles. The van der Waals surface area contributed by atoms with Crippen molar-refractivity contribution in [3.63, 3.8) is 0 Å². The number of carbonyl (C=O) groups excluding carboxylic acids is 1. The summed E-state index contributed by atoms with van der Waals surface area (Å²) in [6.45, 7) is 4.85. The second kappa shape index (κ2) is 9.88. The van der Waals surface area contributed by atoms with Crippen molar-refractivity contribution in [1.29, 1.82) is 0 Å². The van der Waals surface area contributed by atoms with Crippen LogP contribution in [0.5, 0.6) is 0 Å². The van der Waals surface area contributed by atoms with Crippen LogP contribution in [0.4, 0.5) is 5.82 Å². The Morgan fingerprint density at radius 3 is 2.87 bits per heavy atom. The predicted molar refractivity (Wildman–Crippen MR) is 114 cm³/mol. The van der Waals surface area contributed by atoms with Crippen LogP contribution < -0.4 is 27.4 Å². The van der Waals surface area contributed by atoms with Crippen molar-refractivity contribution in [3.8, 4) is 0 Å². The van der Waals surface area contributed by atoms with E-state index in [2.05, 4.69) is 33.0 Å². The number of nitrogens with two attached hydrogens (primary N) is 1. The molecule has 0 bridgehead atoms. The van der Waals surface area contributed by atoms with Gasteiger partial charge >= 0.3 is 0 Å². The molecule has 5 N–H and O–H groups in total. The number of benzene rings is 1. The Balaban J connectivity index is 1.58. The fraction of sp³-hybridized carbons (Fsp3) is 0.400. The van der Waals surface area contributed by atoms with Gasteiger partial charge in [-0.25, -0.2) is 15.5 Å². The fourth-order valence-corrected chi connectivity index (χ4v) is 2.98. The minimum atomic E-state index is -0.335. The maximum Gasteiger partial charge on any atom is 0.293 e. The standard InChI is InChI=1S/C20H27N7O3/c1-13(15-6-4-3-5-7-15)8-23-18-19(29)27(14(2)9-24-18)12-17(28)22-10-16-11-25-20(21)26-30-16/h3-7,9,13,16H,8,10-12H2,1-2H3,(H,22,28)(H,23,24)(H3,21,25,26). The normalized spacial score (nSPS) is 16.9. The molecule has 10 nitrogen and oxygen atoms in total. The van der Waals surface area contributed by atoms with E-state index in [1.807, 2.05) is 30.3 Å². The van der Waals surface area contributed by atoms with Crippen molar-refractivity contribution >= 4 is 17.7 Å². The minimum absolute atomic E-state index is 0.109. The van der Waals surface area contributed by atoms with E-state index in [9.17, 15) is 9.59 Å². The molecule has 0 saturated heterocycles. The average molecular weight is 413 g/mol. The van der Waals surface area contributed by atoms with E-state index < -0.39 is 0 Å². The first-order valence-electron chi connectivity index (χ1n) is 9.77. The molecule has 0 aliphatic carbocycles. The van der Waals surface area contributed by atoms with Crippen LogP contribution >= 0.6 is 0 Å². The van der Waals surface area contributed by atoms with E-state index >= 15 is 0 Å². The lowest BCUT2D eigenvalue weighted by molar-refractivity contribution is -0.122. The van der Waals surface area contributed by atoms with E-state index in [1.165, 1.54) is 10.1 Å². The van der Waals surface area contributed by atoms with Crippen LogP contribution in [0.3, 0.4) is 0 Å². The molecule has 1 aliphatic heterocycles. The maximum atomic E-state index is 12.8. The van der Waals surface area contributed by atoms with Crippen molar-refractivity contribution in [2.45, 2.75) is 32.4 Å². The molecule has 3 rings (SSSR count). The highest BCUT2D eigenvalue weighted by molar-refractivity contribution is 5.77. The van der Waals surface area contributed by atoms with Crippen molar-refractivity contribution in [2.75, 3.05) is 25.0 Å². The molecule has 30 heavy (non-hydrogen) atoms. The van der Waals surface area contributed by atoms with Gasteiger partial charge in [0, 0.05) is 25.0 Å². The van der Waals surface area contributed by atoms with Crippen LogP contribution in [0, 0.1) is 6.92 Å². The summed E-state index contributed by atoms with van der Waals surface area (Å²) in [4.78, 5) is 38.6. The third-order valence-electron chi connectivity index (χ3n) is 4.82. The number of aromatic nitrogens is 2. The fourth-order valence-electron chi connectivity index (χ4n) is 2.98. The number of hydroxylamine groups is 1. The molecule has 2 heterocycles. The van der Waals surface area contributed by atoms with Crippen LogP contribution in [0.15, 0.2) is 46.3 Å². The van der Waals surface area contributed by atoms with Gasteiger partial charge in [0.2, 0.25) is 11.9 Å². The Morgan fingerprint density at radius 1 is 1.40 bits per heavy atom. The number of rotatable bonds is 8. The molecule has 0 radical (unpaired) electrons. The summed E-state index contributed by atoms with van der Waals surface area (Å²) >= 11 is 0. The summed E-state index contributed by atoms with van der Waals surface area (Å²) < 4.78 is 1.40. The predicted octanol–water partition coefficient (Wildman–Crippen LogP) is 0.102. The molecule has 2 aromatic rings. The summed E-state index contributed by atoms with van der Waals surface area (Å²) in [6, 6.07) is 10.0. The number of nitrogens with one attached hydrogen (secondary N) is 3. The van der Waals surface area contributed by atoms with E-state index in [-0.39, 0.29) is 48.4 Å². The minimum Gasteiger partial charge on any atom is -0.368 e. The molecule has 2 unspecified atom stereocenters. The van der Waals surface area contributed by atoms with Gasteiger partial charge in [-0.05, 0) is 18.4 Å². The smallest absolute Gasteiger partial charge is 0.293 e. The SMILES string of the molecule is Cc1cnc(NCC(C)c2ccccc2)c(=O)n1CC(=O)NCC1CN=C(N)NO1. The van der Waals surface area contributed by atoms with Gasteiger partial charge < -0.3 is 16.4 Å². The second-order valence-corrected chi connectivity index (χ2v) is 7.20. The molecule has 1 aromatic carbocycles. The first-order valence-corrected chi connectivity index (χ1v) is 9.77. The van der Waals surface area contributed by atoms with Gasteiger partial charge in [0.1, 0.15) is 12.6 Å². The number of nitrogens with zero attached hydrogens (tertiary/aromatic N) is 3. The van der Waals surface area contributed by atoms with Gasteiger partial charge in [-0.2, -0.15) is 0 Å². The van der Waals surface area contributed by atoms with Gasteiger partial charge in [0.15, 0.2) is 5.82 Å². The van der Waals surface area contributed by atoms with Crippen LogP contribution in [-0.2, 0) is 16.2 Å². The van der Waals surface area contributed by atoms with Crippen LogP contribution in [0.2, 0.25) is 0 Å². The van der Waals surface area contributed by atoms with Crippen LogP contribution in [-0.4, -0.2) is 47.2 Å². The zero-order chi connectivity index (χ0) is 21.5. The van der Waals surface area contributed by atoms with Crippen molar-refractivity contribution in [3.05, 3.63) is 58.1 Å². The number of aliphatic imine (C=N–C) groups is 1. The Bertz CT molecular complexity index is 959. The van der Waals surface area contributed by atoms with Gasteiger partial charge in [0.25, 0.3) is 5.56 Å². The zero-order valence-electron chi connectivity index (χ0n) is 17.1. The third-order valence-corrected chi connectivity index (χ3v) is 4.82. The Hall–Kier alpha value is -3.40. The molecule has 1 aromatic heterocycles. The molecule has 0 fully saturated rings. The molecule has 2 atom stereocenters. The monoisotopic (exact) mass is 413 g/mol. The molecule has 160 valence electrons. The Labute approximate surface area is 174 Å². The lowest BCUT2D eigenvalue weighted by atomic mass is 10.0. The van der Waals surface area contributed by atoms with Gasteiger partial charge in [0.05, 0.1) is 6.54 Å². The second-order valence-electron chi connectivity index (χ2n) is 7.20. The molecule has 1 amide bonds. The highest BCUT2D eigenvalue weighted by atomic mass is 16.7. The largest absolute Gasteiger partial charge is 0.368 e. The lowest BCUT2D eigenvalue weighted by Crippen LogP contribution is -2.46. The quantitative estimate of drug-likeness (QED) is 0.482. The number of carbonyl (C=O) groups is 1. The number of amides is 1. The summed E-state index contributed by atoms with van der Waals surface area (Å²) in [5.41, 5.74) is 9.36. The van der Waals surface area contributed by atoms with E-state index in [1.54, 1.807) is 13.1 Å². The van der Waals surface area contributed by atoms with Crippen LogP contribution in [0.25, 0.3) is 0 Å². The van der Waals surface area contributed by atoms with Crippen molar-refractivity contribution in [1.82, 2.24) is 20.3 Å². The summed E-state index contributed by atoms with van der Waals surface area (Å²) in [5.74, 6) is 0.325. The highest BCUT2D eigenvalue weighted by Crippen LogP contribution is 2.14. The molecular formula is C20H27N7O3. The third kappa shape index (κ3) is 5.57. The Kier molecular flexibility index (Phi) is 7.02. The zero-order valence-corrected chi connectivity index (χ0v) is 17.1. The molecule has 10 heteroatoms. The van der Waals surface area contributed by atoms with Gasteiger partial charge in [-0.3, -0.25) is 19.0 Å². The number of hydrogen-bond donors (Lipinski definition) is 4. The van der Waals surface area contributed by atoms with Gasteiger partial charge in [-0.1, -0.05) is 37.3 Å². The van der Waals surface area contributed by atoms with E-state index in [0.29, 0.717) is 18.8 Å². The molecule has 0 spiro atoms. The first kappa shape index (κ1) is 21.3. The molecule has 1 aliphatic rings. The summed E-state index contributed by atoms with van der Waals surface area (Å²) in [5, 5.41) is 5.86. The lowest BCUT2D eigenvalue weighted by Gasteiger charge is -2.21. The summed E-state index contributed by atoms with van der Waals surface area (Å²) in [7, 11) is 0. The first-order chi connectivity index (χ1) is 14.4. The average Bonchev–Trinajstić information content (AvgIpc) is 2.76. The maximum absolute atomic E-state index is 12.8. The van der Waals surface area contributed by atoms with E-state index in [0.717, 1.165) is 0 Å².